The zero-order valence-corrected chi connectivity index (χ0v) is 11.3. The molecule has 88 valence electrons. The Bertz CT molecular complexity index is 414. The zero-order valence-electron chi connectivity index (χ0n) is 11.3. The van der Waals surface area contributed by atoms with Crippen molar-refractivity contribution in [3.05, 3.63) is 34.4 Å². The van der Waals surface area contributed by atoms with Crippen LogP contribution in [0.15, 0.2) is 12.1 Å². The van der Waals surface area contributed by atoms with Crippen molar-refractivity contribution in [3.63, 3.8) is 0 Å². The number of carbonyl (C=O) groups excluding carboxylic acids is 1. The molecule has 16 heavy (non-hydrogen) atoms. The van der Waals surface area contributed by atoms with E-state index in [2.05, 4.69) is 26.8 Å². The molecule has 0 saturated heterocycles. The summed E-state index contributed by atoms with van der Waals surface area (Å²) in [4.78, 5) is 12.4. The van der Waals surface area contributed by atoms with Gasteiger partial charge in [-0.2, -0.15) is 0 Å². The van der Waals surface area contributed by atoms with Gasteiger partial charge in [-0.3, -0.25) is 4.79 Å². The molecular formula is C15H22O. The third-order valence-corrected chi connectivity index (χ3v) is 3.58. The lowest BCUT2D eigenvalue weighted by atomic mass is 9.80. The van der Waals surface area contributed by atoms with Crippen molar-refractivity contribution >= 4 is 5.78 Å². The smallest absolute Gasteiger partial charge is 0.168 e. The fraction of sp³-hybridized carbons (Fsp3) is 0.533. The SMILES string of the molecule is CCC(C)(C)C(=O)c1cc(C)c(C)cc1C. The van der Waals surface area contributed by atoms with E-state index < -0.39 is 0 Å². The maximum atomic E-state index is 12.4. The van der Waals surface area contributed by atoms with E-state index in [4.69, 9.17) is 0 Å². The lowest BCUT2D eigenvalue weighted by Crippen LogP contribution is -2.24. The Morgan fingerprint density at radius 2 is 1.56 bits per heavy atom. The molecule has 0 fully saturated rings. The Balaban J connectivity index is 3.25. The van der Waals surface area contributed by atoms with E-state index in [9.17, 15) is 4.79 Å². The summed E-state index contributed by atoms with van der Waals surface area (Å²) in [5, 5.41) is 0. The van der Waals surface area contributed by atoms with Gasteiger partial charge in [-0.1, -0.05) is 26.8 Å². The monoisotopic (exact) mass is 218 g/mol. The first-order valence-electron chi connectivity index (χ1n) is 5.92. The number of benzene rings is 1. The summed E-state index contributed by atoms with van der Waals surface area (Å²) in [5.74, 6) is 0.260. The van der Waals surface area contributed by atoms with Gasteiger partial charge >= 0.3 is 0 Å². The predicted octanol–water partition coefficient (Wildman–Crippen LogP) is 4.23. The summed E-state index contributed by atoms with van der Waals surface area (Å²) >= 11 is 0. The van der Waals surface area contributed by atoms with Crippen LogP contribution in [0.2, 0.25) is 0 Å². The molecule has 1 aromatic rings. The van der Waals surface area contributed by atoms with Crippen LogP contribution in [0.1, 0.15) is 54.2 Å². The molecule has 0 heterocycles. The van der Waals surface area contributed by atoms with Crippen LogP contribution in [-0.2, 0) is 0 Å². The Hall–Kier alpha value is -1.11. The average Bonchev–Trinajstić information content (AvgIpc) is 2.22. The summed E-state index contributed by atoms with van der Waals surface area (Å²) in [6.45, 7) is 12.3. The van der Waals surface area contributed by atoms with Gasteiger partial charge in [0.05, 0.1) is 0 Å². The maximum absolute atomic E-state index is 12.4. The molecule has 0 atom stereocenters. The van der Waals surface area contributed by atoms with E-state index in [1.54, 1.807) is 0 Å². The molecule has 0 unspecified atom stereocenters. The van der Waals surface area contributed by atoms with E-state index in [-0.39, 0.29) is 11.2 Å². The van der Waals surface area contributed by atoms with Gasteiger partial charge in [0.25, 0.3) is 0 Å². The van der Waals surface area contributed by atoms with Gasteiger partial charge in [0.2, 0.25) is 0 Å². The molecule has 0 aromatic heterocycles. The minimum Gasteiger partial charge on any atom is -0.294 e. The first-order valence-corrected chi connectivity index (χ1v) is 5.92. The number of hydrogen-bond acceptors (Lipinski definition) is 1. The van der Waals surface area contributed by atoms with Crippen molar-refractivity contribution in [1.29, 1.82) is 0 Å². The summed E-state index contributed by atoms with van der Waals surface area (Å²) < 4.78 is 0. The van der Waals surface area contributed by atoms with Crippen molar-refractivity contribution < 1.29 is 4.79 Å². The van der Waals surface area contributed by atoms with E-state index in [0.717, 1.165) is 17.5 Å². The van der Waals surface area contributed by atoms with E-state index >= 15 is 0 Å². The second kappa shape index (κ2) is 4.40. The minimum atomic E-state index is -0.257. The molecule has 0 radical (unpaired) electrons. The van der Waals surface area contributed by atoms with Crippen LogP contribution in [0, 0.1) is 26.2 Å². The highest BCUT2D eigenvalue weighted by Gasteiger charge is 2.27. The fourth-order valence-electron chi connectivity index (χ4n) is 1.73. The first-order chi connectivity index (χ1) is 7.29. The van der Waals surface area contributed by atoms with Crippen molar-refractivity contribution in [1.82, 2.24) is 0 Å². The number of hydrogen-bond donors (Lipinski definition) is 0. The van der Waals surface area contributed by atoms with E-state index in [1.165, 1.54) is 11.1 Å². The van der Waals surface area contributed by atoms with Gasteiger partial charge in [-0.25, -0.2) is 0 Å². The Morgan fingerprint density at radius 3 is 2.06 bits per heavy atom. The number of ketones is 1. The molecule has 1 nitrogen and oxygen atoms in total. The third-order valence-electron chi connectivity index (χ3n) is 3.58. The normalized spacial score (nSPS) is 11.6. The molecule has 0 aliphatic carbocycles. The highest BCUT2D eigenvalue weighted by molar-refractivity contribution is 6.01. The van der Waals surface area contributed by atoms with Crippen LogP contribution in [0.3, 0.4) is 0 Å². The summed E-state index contributed by atoms with van der Waals surface area (Å²) in [7, 11) is 0. The quantitative estimate of drug-likeness (QED) is 0.694. The molecule has 0 amide bonds. The Kier molecular flexibility index (Phi) is 3.57. The molecule has 1 aromatic carbocycles. The second-order valence-electron chi connectivity index (χ2n) is 5.32. The molecule has 0 aliphatic rings. The standard InChI is InChI=1S/C15H22O/c1-7-15(5,6)14(16)13-9-11(3)10(2)8-12(13)4/h8-9H,7H2,1-6H3. The van der Waals surface area contributed by atoms with Gasteiger partial charge in [0.1, 0.15) is 0 Å². The van der Waals surface area contributed by atoms with E-state index in [0.29, 0.717) is 0 Å². The summed E-state index contributed by atoms with van der Waals surface area (Å²) in [5.41, 5.74) is 4.17. The van der Waals surface area contributed by atoms with E-state index in [1.807, 2.05) is 26.8 Å². The van der Waals surface area contributed by atoms with Gasteiger partial charge in [0, 0.05) is 11.0 Å². The van der Waals surface area contributed by atoms with Crippen molar-refractivity contribution in [2.24, 2.45) is 5.41 Å². The van der Waals surface area contributed by atoms with Crippen LogP contribution in [-0.4, -0.2) is 5.78 Å². The molecule has 0 saturated carbocycles. The topological polar surface area (TPSA) is 17.1 Å². The molecular weight excluding hydrogens is 196 g/mol. The lowest BCUT2D eigenvalue weighted by Gasteiger charge is -2.22. The van der Waals surface area contributed by atoms with Gasteiger partial charge in [0.15, 0.2) is 5.78 Å². The minimum absolute atomic E-state index is 0.257. The zero-order chi connectivity index (χ0) is 12.5. The highest BCUT2D eigenvalue weighted by Crippen LogP contribution is 2.28. The van der Waals surface area contributed by atoms with Crippen LogP contribution < -0.4 is 0 Å². The van der Waals surface area contributed by atoms with Crippen LogP contribution in [0.4, 0.5) is 0 Å². The van der Waals surface area contributed by atoms with Crippen LogP contribution in [0.25, 0.3) is 0 Å². The Morgan fingerprint density at radius 1 is 1.06 bits per heavy atom. The fourth-order valence-corrected chi connectivity index (χ4v) is 1.73. The molecule has 0 aliphatic heterocycles. The molecule has 1 heteroatoms. The van der Waals surface area contributed by atoms with Crippen LogP contribution in [0.5, 0.6) is 0 Å². The Labute approximate surface area is 98.9 Å². The van der Waals surface area contributed by atoms with Gasteiger partial charge in [-0.05, 0) is 49.9 Å². The number of rotatable bonds is 3. The lowest BCUT2D eigenvalue weighted by molar-refractivity contribution is 0.0832. The van der Waals surface area contributed by atoms with Crippen molar-refractivity contribution in [2.45, 2.75) is 48.0 Å². The highest BCUT2D eigenvalue weighted by atomic mass is 16.1. The van der Waals surface area contributed by atoms with Crippen molar-refractivity contribution in [3.8, 4) is 0 Å². The van der Waals surface area contributed by atoms with Crippen molar-refractivity contribution in [2.75, 3.05) is 0 Å². The largest absolute Gasteiger partial charge is 0.294 e. The molecule has 0 bridgehead atoms. The maximum Gasteiger partial charge on any atom is 0.168 e. The number of Topliss-reactive ketones (excluding diaryl/α,β-unsaturated/α-hetero) is 1. The van der Waals surface area contributed by atoms with Gasteiger partial charge < -0.3 is 0 Å². The molecule has 0 N–H and O–H groups in total. The average molecular weight is 218 g/mol. The molecule has 0 spiro atoms. The van der Waals surface area contributed by atoms with Gasteiger partial charge in [-0.15, -0.1) is 0 Å². The third kappa shape index (κ3) is 2.34. The molecule has 1 rings (SSSR count). The number of aryl methyl sites for hydroxylation is 3. The van der Waals surface area contributed by atoms with Crippen LogP contribution >= 0.6 is 0 Å². The summed E-state index contributed by atoms with van der Waals surface area (Å²) in [6.07, 6.45) is 0.873. The number of carbonyl (C=O) groups is 1. The second-order valence-corrected chi connectivity index (χ2v) is 5.32. The predicted molar refractivity (Wildman–Crippen MR) is 69.1 cm³/mol. The summed E-state index contributed by atoms with van der Waals surface area (Å²) in [6, 6.07) is 4.14. The first kappa shape index (κ1) is 13.0.